The number of carbonyl (C=O) groups excluding carboxylic acids is 1. The highest BCUT2D eigenvalue weighted by Gasteiger charge is 2.17. The number of esters is 1. The van der Waals surface area contributed by atoms with E-state index < -0.39 is 11.8 Å². The lowest BCUT2D eigenvalue weighted by Gasteiger charge is -2.09. The van der Waals surface area contributed by atoms with E-state index in [1.165, 1.54) is 23.0 Å². The first-order chi connectivity index (χ1) is 10.0. The van der Waals surface area contributed by atoms with Crippen molar-refractivity contribution < 1.29 is 18.7 Å². The maximum atomic E-state index is 13.3. The molecular weight excluding hydrogens is 299 g/mol. The van der Waals surface area contributed by atoms with Crippen LogP contribution in [0.4, 0.5) is 4.39 Å². The van der Waals surface area contributed by atoms with Crippen molar-refractivity contribution in [3.05, 3.63) is 46.5 Å². The van der Waals surface area contributed by atoms with E-state index in [0.29, 0.717) is 17.0 Å². The van der Waals surface area contributed by atoms with Gasteiger partial charge in [0.2, 0.25) is 0 Å². The van der Waals surface area contributed by atoms with E-state index in [1.807, 2.05) is 0 Å². The standard InChI is InChI=1S/C14H14ClFN2O3/c1-3-20-14(19)10-7-17-18(2)13(10)8-21-9-4-5-11(15)12(16)6-9/h4-7H,3,8H2,1-2H3. The van der Waals surface area contributed by atoms with Gasteiger partial charge in [-0.15, -0.1) is 0 Å². The van der Waals surface area contributed by atoms with Crippen molar-refractivity contribution in [1.29, 1.82) is 0 Å². The van der Waals surface area contributed by atoms with Gasteiger partial charge in [-0.25, -0.2) is 9.18 Å². The zero-order chi connectivity index (χ0) is 15.4. The van der Waals surface area contributed by atoms with Crippen molar-refractivity contribution >= 4 is 17.6 Å². The molecule has 1 aromatic heterocycles. The molecule has 0 saturated carbocycles. The van der Waals surface area contributed by atoms with E-state index >= 15 is 0 Å². The Balaban J connectivity index is 2.14. The van der Waals surface area contributed by atoms with E-state index in [1.54, 1.807) is 20.0 Å². The number of ether oxygens (including phenoxy) is 2. The number of carbonyl (C=O) groups is 1. The fourth-order valence-corrected chi connectivity index (χ4v) is 1.85. The Morgan fingerprint density at radius 3 is 2.90 bits per heavy atom. The number of aromatic nitrogens is 2. The lowest BCUT2D eigenvalue weighted by atomic mass is 10.2. The fraction of sp³-hybridized carbons (Fsp3) is 0.286. The van der Waals surface area contributed by atoms with E-state index in [2.05, 4.69) is 5.10 Å². The molecule has 0 bridgehead atoms. The largest absolute Gasteiger partial charge is 0.487 e. The average molecular weight is 313 g/mol. The Bertz CT molecular complexity index is 658. The first kappa shape index (κ1) is 15.3. The van der Waals surface area contributed by atoms with Gasteiger partial charge < -0.3 is 9.47 Å². The third kappa shape index (κ3) is 3.52. The quantitative estimate of drug-likeness (QED) is 0.797. The smallest absolute Gasteiger partial charge is 0.341 e. The van der Waals surface area contributed by atoms with Gasteiger partial charge in [-0.05, 0) is 19.1 Å². The van der Waals surface area contributed by atoms with Gasteiger partial charge in [0.25, 0.3) is 0 Å². The molecule has 7 heteroatoms. The predicted octanol–water partition coefficient (Wildman–Crippen LogP) is 2.97. The van der Waals surface area contributed by atoms with Gasteiger partial charge in [0, 0.05) is 13.1 Å². The summed E-state index contributed by atoms with van der Waals surface area (Å²) in [6.07, 6.45) is 1.42. The van der Waals surface area contributed by atoms with Crippen LogP contribution in [0.3, 0.4) is 0 Å². The zero-order valence-corrected chi connectivity index (χ0v) is 12.4. The minimum atomic E-state index is -0.565. The molecule has 0 aliphatic rings. The summed E-state index contributed by atoms with van der Waals surface area (Å²) < 4.78 is 25.3. The van der Waals surface area contributed by atoms with E-state index in [9.17, 15) is 9.18 Å². The molecule has 0 atom stereocenters. The number of benzene rings is 1. The van der Waals surface area contributed by atoms with Crippen LogP contribution in [0.25, 0.3) is 0 Å². The van der Waals surface area contributed by atoms with E-state index in [4.69, 9.17) is 21.1 Å². The number of aryl methyl sites for hydroxylation is 1. The van der Waals surface area contributed by atoms with Crippen LogP contribution in [0.5, 0.6) is 5.75 Å². The Hall–Kier alpha value is -2.08. The molecule has 112 valence electrons. The molecule has 2 rings (SSSR count). The van der Waals surface area contributed by atoms with Crippen LogP contribution < -0.4 is 4.74 Å². The summed E-state index contributed by atoms with van der Waals surface area (Å²) in [7, 11) is 1.68. The van der Waals surface area contributed by atoms with Crippen molar-refractivity contribution in [2.45, 2.75) is 13.5 Å². The second kappa shape index (κ2) is 6.58. The zero-order valence-electron chi connectivity index (χ0n) is 11.6. The summed E-state index contributed by atoms with van der Waals surface area (Å²) in [6, 6.07) is 4.14. The van der Waals surface area contributed by atoms with Crippen LogP contribution in [-0.4, -0.2) is 22.4 Å². The molecule has 0 saturated heterocycles. The van der Waals surface area contributed by atoms with Gasteiger partial charge in [-0.3, -0.25) is 4.68 Å². The monoisotopic (exact) mass is 312 g/mol. The summed E-state index contributed by atoms with van der Waals surface area (Å²) in [5, 5.41) is 4.03. The van der Waals surface area contributed by atoms with Crippen molar-refractivity contribution in [2.75, 3.05) is 6.61 Å². The van der Waals surface area contributed by atoms with Gasteiger partial charge in [0.05, 0.1) is 23.5 Å². The van der Waals surface area contributed by atoms with Gasteiger partial charge in [-0.2, -0.15) is 5.10 Å². The average Bonchev–Trinajstić information content (AvgIpc) is 2.82. The molecule has 0 aliphatic heterocycles. The summed E-state index contributed by atoms with van der Waals surface area (Å²) in [5.74, 6) is -0.718. The SMILES string of the molecule is CCOC(=O)c1cnn(C)c1COc1ccc(Cl)c(F)c1. The minimum absolute atomic E-state index is 0.0232. The maximum absolute atomic E-state index is 13.3. The van der Waals surface area contributed by atoms with E-state index in [0.717, 1.165) is 0 Å². The topological polar surface area (TPSA) is 53.3 Å². The third-order valence-corrected chi connectivity index (χ3v) is 3.13. The highest BCUT2D eigenvalue weighted by atomic mass is 35.5. The van der Waals surface area contributed by atoms with Crippen LogP contribution in [0, 0.1) is 5.82 Å². The van der Waals surface area contributed by atoms with Crippen molar-refractivity contribution in [2.24, 2.45) is 7.05 Å². The Morgan fingerprint density at radius 2 is 2.24 bits per heavy atom. The minimum Gasteiger partial charge on any atom is -0.487 e. The molecule has 21 heavy (non-hydrogen) atoms. The number of hydrogen-bond acceptors (Lipinski definition) is 4. The Kier molecular flexibility index (Phi) is 4.80. The Labute approximate surface area is 126 Å². The summed E-state index contributed by atoms with van der Waals surface area (Å²) >= 11 is 5.60. The molecule has 0 radical (unpaired) electrons. The second-order valence-corrected chi connectivity index (χ2v) is 4.62. The molecule has 0 spiro atoms. The molecule has 0 fully saturated rings. The first-order valence-electron chi connectivity index (χ1n) is 6.28. The van der Waals surface area contributed by atoms with E-state index in [-0.39, 0.29) is 18.2 Å². The first-order valence-corrected chi connectivity index (χ1v) is 6.66. The molecule has 0 N–H and O–H groups in total. The molecule has 0 aliphatic carbocycles. The highest BCUT2D eigenvalue weighted by molar-refractivity contribution is 6.30. The van der Waals surface area contributed by atoms with Crippen molar-refractivity contribution in [3.63, 3.8) is 0 Å². The number of halogens is 2. The maximum Gasteiger partial charge on any atom is 0.341 e. The molecule has 0 amide bonds. The van der Waals surface area contributed by atoms with Crippen LogP contribution in [0.1, 0.15) is 23.0 Å². The summed E-state index contributed by atoms with van der Waals surface area (Å²) in [6.45, 7) is 2.06. The van der Waals surface area contributed by atoms with Crippen LogP contribution in [-0.2, 0) is 18.4 Å². The summed E-state index contributed by atoms with van der Waals surface area (Å²) in [4.78, 5) is 11.8. The predicted molar refractivity (Wildman–Crippen MR) is 74.9 cm³/mol. The number of nitrogens with zero attached hydrogens (tertiary/aromatic N) is 2. The van der Waals surface area contributed by atoms with Gasteiger partial charge in [0.15, 0.2) is 0 Å². The van der Waals surface area contributed by atoms with Gasteiger partial charge >= 0.3 is 5.97 Å². The fourth-order valence-electron chi connectivity index (χ4n) is 1.73. The second-order valence-electron chi connectivity index (χ2n) is 4.21. The third-order valence-electron chi connectivity index (χ3n) is 2.82. The van der Waals surface area contributed by atoms with Crippen molar-refractivity contribution in [1.82, 2.24) is 9.78 Å². The Morgan fingerprint density at radius 1 is 1.48 bits per heavy atom. The number of rotatable bonds is 5. The highest BCUT2D eigenvalue weighted by Crippen LogP contribution is 2.21. The molecular formula is C14H14ClFN2O3. The molecule has 0 unspecified atom stereocenters. The molecule has 5 nitrogen and oxygen atoms in total. The van der Waals surface area contributed by atoms with Crippen LogP contribution >= 0.6 is 11.6 Å². The van der Waals surface area contributed by atoms with Crippen LogP contribution in [0.2, 0.25) is 5.02 Å². The van der Waals surface area contributed by atoms with Crippen molar-refractivity contribution in [3.8, 4) is 5.75 Å². The van der Waals surface area contributed by atoms with Gasteiger partial charge in [-0.1, -0.05) is 11.6 Å². The molecule has 1 aromatic carbocycles. The van der Waals surface area contributed by atoms with Gasteiger partial charge in [0.1, 0.15) is 23.7 Å². The molecule has 2 aromatic rings. The normalized spacial score (nSPS) is 10.5. The lowest BCUT2D eigenvalue weighted by Crippen LogP contribution is -2.11. The van der Waals surface area contributed by atoms with Crippen LogP contribution in [0.15, 0.2) is 24.4 Å². The molecule has 1 heterocycles. The summed E-state index contributed by atoms with van der Waals surface area (Å²) in [5.41, 5.74) is 0.873. The number of hydrogen-bond donors (Lipinski definition) is 0. The lowest BCUT2D eigenvalue weighted by molar-refractivity contribution is 0.0523.